The van der Waals surface area contributed by atoms with E-state index in [9.17, 15) is 0 Å². The topological polar surface area (TPSA) is 25.2 Å². The molecular formula is C17H21NO. The Morgan fingerprint density at radius 1 is 1.21 bits per heavy atom. The van der Waals surface area contributed by atoms with Crippen LogP contribution >= 0.6 is 0 Å². The lowest BCUT2D eigenvalue weighted by atomic mass is 9.99. The summed E-state index contributed by atoms with van der Waals surface area (Å²) in [6, 6.07) is 14.8. The third-order valence-corrected chi connectivity index (χ3v) is 3.18. The molecule has 100 valence electrons. The van der Waals surface area contributed by atoms with E-state index in [0.29, 0.717) is 0 Å². The number of furan rings is 1. The van der Waals surface area contributed by atoms with Crippen LogP contribution in [0.2, 0.25) is 0 Å². The van der Waals surface area contributed by atoms with Crippen molar-refractivity contribution in [3.8, 4) is 0 Å². The van der Waals surface area contributed by atoms with E-state index in [2.05, 4.69) is 50.0 Å². The van der Waals surface area contributed by atoms with Gasteiger partial charge in [0.1, 0.15) is 5.76 Å². The van der Waals surface area contributed by atoms with Crippen molar-refractivity contribution in [3.05, 3.63) is 72.2 Å². The van der Waals surface area contributed by atoms with Crippen LogP contribution < -0.4 is 5.32 Å². The molecule has 0 spiro atoms. The predicted molar refractivity (Wildman–Crippen MR) is 78.9 cm³/mol. The molecule has 0 amide bonds. The third kappa shape index (κ3) is 3.83. The van der Waals surface area contributed by atoms with Crippen LogP contribution in [0.1, 0.15) is 43.7 Å². The van der Waals surface area contributed by atoms with Crippen LogP contribution in [0, 0.1) is 0 Å². The number of hydrogen-bond acceptors (Lipinski definition) is 2. The van der Waals surface area contributed by atoms with Crippen molar-refractivity contribution < 1.29 is 4.42 Å². The largest absolute Gasteiger partial charge is 0.468 e. The van der Waals surface area contributed by atoms with Crippen LogP contribution in [0.4, 0.5) is 0 Å². The molecular weight excluding hydrogens is 234 g/mol. The molecule has 1 N–H and O–H groups in total. The molecule has 0 fully saturated rings. The fourth-order valence-electron chi connectivity index (χ4n) is 2.23. The Labute approximate surface area is 115 Å². The molecule has 1 heterocycles. The first-order valence-corrected chi connectivity index (χ1v) is 6.65. The van der Waals surface area contributed by atoms with Crippen molar-refractivity contribution in [2.24, 2.45) is 0 Å². The lowest BCUT2D eigenvalue weighted by molar-refractivity contribution is 0.390. The summed E-state index contributed by atoms with van der Waals surface area (Å²) in [6.45, 7) is 8.21. The van der Waals surface area contributed by atoms with E-state index >= 15 is 0 Å². The highest BCUT2D eigenvalue weighted by molar-refractivity contribution is 5.21. The Bertz CT molecular complexity index is 501. The number of benzene rings is 1. The second kappa shape index (κ2) is 6.39. The van der Waals surface area contributed by atoms with Crippen LogP contribution in [-0.2, 0) is 0 Å². The van der Waals surface area contributed by atoms with Crippen molar-refractivity contribution >= 4 is 0 Å². The number of hydrogen-bond donors (Lipinski definition) is 1. The lowest BCUT2D eigenvalue weighted by Crippen LogP contribution is -2.24. The van der Waals surface area contributed by atoms with Crippen molar-refractivity contribution in [3.63, 3.8) is 0 Å². The fraction of sp³-hybridized carbons (Fsp3) is 0.294. The van der Waals surface area contributed by atoms with Crippen LogP contribution in [0.15, 0.2) is 65.3 Å². The van der Waals surface area contributed by atoms with E-state index in [-0.39, 0.29) is 12.1 Å². The summed E-state index contributed by atoms with van der Waals surface area (Å²) in [5.74, 6) is 0.961. The van der Waals surface area contributed by atoms with Crippen LogP contribution in [0.5, 0.6) is 0 Å². The zero-order chi connectivity index (χ0) is 13.7. The summed E-state index contributed by atoms with van der Waals surface area (Å²) in [5, 5.41) is 3.61. The molecule has 0 bridgehead atoms. The molecule has 2 heteroatoms. The first-order valence-electron chi connectivity index (χ1n) is 6.65. The Hall–Kier alpha value is -1.80. The van der Waals surface area contributed by atoms with Gasteiger partial charge in [-0.05, 0) is 38.0 Å². The summed E-state index contributed by atoms with van der Waals surface area (Å²) in [7, 11) is 0. The lowest BCUT2D eigenvalue weighted by Gasteiger charge is -2.23. The Morgan fingerprint density at radius 3 is 2.53 bits per heavy atom. The third-order valence-electron chi connectivity index (χ3n) is 3.18. The summed E-state index contributed by atoms with van der Waals surface area (Å²) < 4.78 is 5.45. The van der Waals surface area contributed by atoms with Gasteiger partial charge in [-0.1, -0.05) is 35.9 Å². The average Bonchev–Trinajstić information content (AvgIpc) is 2.92. The molecule has 0 radical (unpaired) electrons. The van der Waals surface area contributed by atoms with Gasteiger partial charge in [0, 0.05) is 6.04 Å². The van der Waals surface area contributed by atoms with Crippen molar-refractivity contribution in [1.82, 2.24) is 5.32 Å². The Morgan fingerprint density at radius 2 is 1.95 bits per heavy atom. The maximum atomic E-state index is 5.45. The molecule has 2 nitrogen and oxygen atoms in total. The molecule has 2 aromatic rings. The maximum Gasteiger partial charge on any atom is 0.120 e. The van der Waals surface area contributed by atoms with Gasteiger partial charge in [0.15, 0.2) is 0 Å². The summed E-state index contributed by atoms with van der Waals surface area (Å²) in [5.41, 5.74) is 2.46. The zero-order valence-corrected chi connectivity index (χ0v) is 11.6. The second-order valence-corrected chi connectivity index (χ2v) is 5.03. The van der Waals surface area contributed by atoms with Gasteiger partial charge in [-0.15, -0.1) is 6.58 Å². The van der Waals surface area contributed by atoms with Gasteiger partial charge in [-0.3, -0.25) is 0 Å². The quantitative estimate of drug-likeness (QED) is 0.761. The normalized spacial score (nSPS) is 14.0. The van der Waals surface area contributed by atoms with Crippen LogP contribution in [0.3, 0.4) is 0 Å². The number of rotatable bonds is 6. The monoisotopic (exact) mass is 255 g/mol. The second-order valence-electron chi connectivity index (χ2n) is 5.03. The van der Waals surface area contributed by atoms with E-state index in [1.165, 1.54) is 11.1 Å². The minimum atomic E-state index is 0.180. The molecule has 0 aliphatic carbocycles. The molecule has 1 aromatic carbocycles. The van der Waals surface area contributed by atoms with E-state index in [1.54, 1.807) is 6.26 Å². The van der Waals surface area contributed by atoms with Crippen molar-refractivity contribution in [2.45, 2.75) is 32.4 Å². The molecule has 0 aliphatic rings. The van der Waals surface area contributed by atoms with Gasteiger partial charge in [-0.25, -0.2) is 0 Å². The van der Waals surface area contributed by atoms with Crippen molar-refractivity contribution in [2.75, 3.05) is 0 Å². The first-order chi connectivity index (χ1) is 9.16. The SMILES string of the molecule is C=C(C)C[C@@H](N[C@@H](C)c1ccco1)c1ccccc1. The highest BCUT2D eigenvalue weighted by Gasteiger charge is 2.16. The van der Waals surface area contributed by atoms with Gasteiger partial charge >= 0.3 is 0 Å². The summed E-state index contributed by atoms with van der Waals surface area (Å²) in [4.78, 5) is 0. The molecule has 1 aromatic heterocycles. The molecule has 0 aliphatic heterocycles. The minimum Gasteiger partial charge on any atom is -0.468 e. The minimum absolute atomic E-state index is 0.180. The fourth-order valence-corrected chi connectivity index (χ4v) is 2.23. The highest BCUT2D eigenvalue weighted by Crippen LogP contribution is 2.24. The molecule has 0 unspecified atom stereocenters. The molecule has 0 saturated heterocycles. The summed E-state index contributed by atoms with van der Waals surface area (Å²) >= 11 is 0. The molecule has 0 saturated carbocycles. The standard InChI is InChI=1S/C17H21NO/c1-13(2)12-16(15-8-5-4-6-9-15)18-14(3)17-10-7-11-19-17/h4-11,14,16,18H,1,12H2,2-3H3/t14-,16+/m0/s1. The predicted octanol–water partition coefficient (Wildman–Crippen LogP) is 4.64. The van der Waals surface area contributed by atoms with Gasteiger partial charge < -0.3 is 9.73 Å². The molecule has 2 atom stereocenters. The van der Waals surface area contributed by atoms with E-state index in [0.717, 1.165) is 12.2 Å². The smallest absolute Gasteiger partial charge is 0.120 e. The highest BCUT2D eigenvalue weighted by atomic mass is 16.3. The maximum absolute atomic E-state index is 5.45. The van der Waals surface area contributed by atoms with E-state index in [1.807, 2.05) is 18.2 Å². The Kier molecular flexibility index (Phi) is 4.58. The number of nitrogens with one attached hydrogen (secondary N) is 1. The van der Waals surface area contributed by atoms with Crippen molar-refractivity contribution in [1.29, 1.82) is 0 Å². The van der Waals surface area contributed by atoms with Crippen LogP contribution in [-0.4, -0.2) is 0 Å². The van der Waals surface area contributed by atoms with E-state index in [4.69, 9.17) is 4.42 Å². The average molecular weight is 255 g/mol. The zero-order valence-electron chi connectivity index (χ0n) is 11.6. The van der Waals surface area contributed by atoms with Crippen LogP contribution in [0.25, 0.3) is 0 Å². The van der Waals surface area contributed by atoms with Gasteiger partial charge in [0.2, 0.25) is 0 Å². The van der Waals surface area contributed by atoms with E-state index < -0.39 is 0 Å². The first kappa shape index (κ1) is 13.6. The summed E-state index contributed by atoms with van der Waals surface area (Å²) in [6.07, 6.45) is 2.64. The molecule has 19 heavy (non-hydrogen) atoms. The van der Waals surface area contributed by atoms with Gasteiger partial charge in [0.05, 0.1) is 12.3 Å². The Balaban J connectivity index is 2.12. The molecule has 2 rings (SSSR count). The van der Waals surface area contributed by atoms with Gasteiger partial charge in [-0.2, -0.15) is 0 Å². The van der Waals surface area contributed by atoms with Gasteiger partial charge in [0.25, 0.3) is 0 Å².